The molecular weight excluding hydrogens is 308 g/mol. The standard InChI is InChI=1S/C13H14F4N2O3/c1-8-4-9(2-3-10(8)14)5-18-11(20)6-19-12(21)22-7-13(15,16)17/h2-4H,5-7H2,1H3,(H,18,20)(H,19,21). The maximum absolute atomic E-state index is 13.0. The molecule has 1 aromatic carbocycles. The Labute approximate surface area is 123 Å². The number of rotatable bonds is 5. The van der Waals surface area contributed by atoms with E-state index in [0.29, 0.717) is 11.1 Å². The summed E-state index contributed by atoms with van der Waals surface area (Å²) in [7, 11) is 0. The predicted molar refractivity (Wildman–Crippen MR) is 68.4 cm³/mol. The fraction of sp³-hybridized carbons (Fsp3) is 0.385. The summed E-state index contributed by atoms with van der Waals surface area (Å²) in [6.07, 6.45) is -5.97. The summed E-state index contributed by atoms with van der Waals surface area (Å²) in [5.74, 6) is -0.991. The van der Waals surface area contributed by atoms with Gasteiger partial charge in [-0.3, -0.25) is 4.79 Å². The lowest BCUT2D eigenvalue weighted by molar-refractivity contribution is -0.160. The normalized spacial score (nSPS) is 11.0. The molecular formula is C13H14F4N2O3. The Morgan fingerprint density at radius 1 is 1.23 bits per heavy atom. The Hall–Kier alpha value is -2.32. The quantitative estimate of drug-likeness (QED) is 0.815. The molecule has 0 aliphatic heterocycles. The SMILES string of the molecule is Cc1cc(CNC(=O)CNC(=O)OCC(F)(F)F)ccc1F. The van der Waals surface area contributed by atoms with Gasteiger partial charge in [-0.05, 0) is 24.1 Å². The third-order valence-corrected chi connectivity index (χ3v) is 2.47. The van der Waals surface area contributed by atoms with Crippen molar-refractivity contribution in [1.29, 1.82) is 0 Å². The molecule has 1 aromatic rings. The smallest absolute Gasteiger partial charge is 0.422 e. The van der Waals surface area contributed by atoms with Gasteiger partial charge in [-0.1, -0.05) is 12.1 Å². The third-order valence-electron chi connectivity index (χ3n) is 2.47. The van der Waals surface area contributed by atoms with Crippen molar-refractivity contribution in [2.24, 2.45) is 0 Å². The second kappa shape index (κ2) is 7.62. The van der Waals surface area contributed by atoms with Crippen LogP contribution in [0.5, 0.6) is 0 Å². The molecule has 0 aliphatic rings. The van der Waals surface area contributed by atoms with Crippen LogP contribution in [-0.2, 0) is 16.1 Å². The maximum atomic E-state index is 13.0. The van der Waals surface area contributed by atoms with Crippen LogP contribution in [0.25, 0.3) is 0 Å². The first-order valence-corrected chi connectivity index (χ1v) is 6.16. The molecule has 9 heteroatoms. The van der Waals surface area contributed by atoms with Gasteiger partial charge in [0.15, 0.2) is 6.61 Å². The summed E-state index contributed by atoms with van der Waals surface area (Å²) in [6, 6.07) is 4.28. The number of aryl methyl sites for hydroxylation is 1. The van der Waals surface area contributed by atoms with E-state index in [1.165, 1.54) is 12.1 Å². The Bertz CT molecular complexity index is 547. The number of alkyl halides is 3. The van der Waals surface area contributed by atoms with Crippen LogP contribution in [0.2, 0.25) is 0 Å². The van der Waals surface area contributed by atoms with Gasteiger partial charge in [0.2, 0.25) is 5.91 Å². The largest absolute Gasteiger partial charge is 0.440 e. The van der Waals surface area contributed by atoms with Crippen molar-refractivity contribution in [3.63, 3.8) is 0 Å². The number of carbonyl (C=O) groups excluding carboxylic acids is 2. The first-order valence-electron chi connectivity index (χ1n) is 6.16. The lowest BCUT2D eigenvalue weighted by Gasteiger charge is -2.09. The van der Waals surface area contributed by atoms with Gasteiger partial charge in [0.1, 0.15) is 12.4 Å². The molecule has 0 spiro atoms. The Morgan fingerprint density at radius 3 is 2.50 bits per heavy atom. The number of amides is 2. The maximum Gasteiger partial charge on any atom is 0.422 e. The fourth-order valence-corrected chi connectivity index (χ4v) is 1.43. The minimum atomic E-state index is -4.62. The van der Waals surface area contributed by atoms with Crippen LogP contribution in [0.1, 0.15) is 11.1 Å². The molecule has 0 bridgehead atoms. The summed E-state index contributed by atoms with van der Waals surface area (Å²) in [4.78, 5) is 22.3. The zero-order valence-electron chi connectivity index (χ0n) is 11.6. The molecule has 0 radical (unpaired) electrons. The van der Waals surface area contributed by atoms with E-state index in [1.807, 2.05) is 5.32 Å². The van der Waals surface area contributed by atoms with Gasteiger partial charge in [0, 0.05) is 6.54 Å². The number of hydrogen-bond acceptors (Lipinski definition) is 3. The molecule has 0 atom stereocenters. The molecule has 2 N–H and O–H groups in total. The predicted octanol–water partition coefficient (Wildman–Crippen LogP) is 2.04. The summed E-state index contributed by atoms with van der Waals surface area (Å²) in [6.45, 7) is -0.593. The van der Waals surface area contributed by atoms with E-state index in [9.17, 15) is 27.2 Å². The number of alkyl carbamates (subject to hydrolysis) is 1. The molecule has 0 aliphatic carbocycles. The number of halogens is 4. The van der Waals surface area contributed by atoms with Crippen molar-refractivity contribution >= 4 is 12.0 Å². The van der Waals surface area contributed by atoms with Crippen LogP contribution in [0.3, 0.4) is 0 Å². The van der Waals surface area contributed by atoms with E-state index in [0.717, 1.165) is 0 Å². The van der Waals surface area contributed by atoms with Gasteiger partial charge < -0.3 is 15.4 Å². The minimum Gasteiger partial charge on any atom is -0.440 e. The van der Waals surface area contributed by atoms with Gasteiger partial charge >= 0.3 is 12.3 Å². The summed E-state index contributed by atoms with van der Waals surface area (Å²) < 4.78 is 52.2. The number of carbonyl (C=O) groups is 2. The van der Waals surface area contributed by atoms with E-state index < -0.39 is 31.3 Å². The molecule has 2 amide bonds. The molecule has 0 saturated carbocycles. The number of hydrogen-bond donors (Lipinski definition) is 2. The van der Waals surface area contributed by atoms with Gasteiger partial charge in [-0.2, -0.15) is 13.2 Å². The molecule has 0 saturated heterocycles. The molecule has 122 valence electrons. The van der Waals surface area contributed by atoms with Crippen molar-refractivity contribution in [1.82, 2.24) is 10.6 Å². The van der Waals surface area contributed by atoms with Crippen LogP contribution in [0, 0.1) is 12.7 Å². The lowest BCUT2D eigenvalue weighted by atomic mass is 10.1. The van der Waals surface area contributed by atoms with Crippen molar-refractivity contribution in [3.8, 4) is 0 Å². The lowest BCUT2D eigenvalue weighted by Crippen LogP contribution is -2.38. The van der Waals surface area contributed by atoms with Crippen molar-refractivity contribution in [3.05, 3.63) is 35.1 Å². The van der Waals surface area contributed by atoms with Gasteiger partial charge in [-0.15, -0.1) is 0 Å². The van der Waals surface area contributed by atoms with Crippen molar-refractivity contribution < 1.29 is 31.9 Å². The molecule has 0 fully saturated rings. The highest BCUT2D eigenvalue weighted by atomic mass is 19.4. The average Bonchev–Trinajstić information content (AvgIpc) is 2.43. The average molecular weight is 322 g/mol. The molecule has 0 heterocycles. The number of benzene rings is 1. The molecule has 0 unspecified atom stereocenters. The molecule has 5 nitrogen and oxygen atoms in total. The van der Waals surface area contributed by atoms with Crippen LogP contribution in [0.4, 0.5) is 22.4 Å². The van der Waals surface area contributed by atoms with E-state index in [2.05, 4.69) is 10.1 Å². The van der Waals surface area contributed by atoms with Crippen LogP contribution < -0.4 is 10.6 Å². The summed E-state index contributed by atoms with van der Waals surface area (Å²) in [5.41, 5.74) is 1.06. The van der Waals surface area contributed by atoms with Crippen molar-refractivity contribution in [2.75, 3.05) is 13.2 Å². The van der Waals surface area contributed by atoms with Crippen molar-refractivity contribution in [2.45, 2.75) is 19.6 Å². The highest BCUT2D eigenvalue weighted by Gasteiger charge is 2.29. The third kappa shape index (κ3) is 6.91. The molecule has 22 heavy (non-hydrogen) atoms. The van der Waals surface area contributed by atoms with Crippen LogP contribution in [0.15, 0.2) is 18.2 Å². The zero-order chi connectivity index (χ0) is 16.8. The molecule has 0 aromatic heterocycles. The zero-order valence-corrected chi connectivity index (χ0v) is 11.6. The van der Waals surface area contributed by atoms with E-state index >= 15 is 0 Å². The van der Waals surface area contributed by atoms with Gasteiger partial charge in [0.05, 0.1) is 0 Å². The van der Waals surface area contributed by atoms with E-state index in [1.54, 1.807) is 13.0 Å². The van der Waals surface area contributed by atoms with Gasteiger partial charge in [-0.25, -0.2) is 9.18 Å². The van der Waals surface area contributed by atoms with E-state index in [-0.39, 0.29) is 12.4 Å². The summed E-state index contributed by atoms with van der Waals surface area (Å²) >= 11 is 0. The minimum absolute atomic E-state index is 0.0965. The second-order valence-corrected chi connectivity index (χ2v) is 4.41. The Kier molecular flexibility index (Phi) is 6.14. The highest BCUT2D eigenvalue weighted by Crippen LogP contribution is 2.14. The van der Waals surface area contributed by atoms with Gasteiger partial charge in [0.25, 0.3) is 0 Å². The first-order chi connectivity index (χ1) is 10.2. The first kappa shape index (κ1) is 17.7. The number of ether oxygens (including phenoxy) is 1. The van der Waals surface area contributed by atoms with Crippen LogP contribution in [-0.4, -0.2) is 31.3 Å². The second-order valence-electron chi connectivity index (χ2n) is 4.41. The number of nitrogens with one attached hydrogen (secondary N) is 2. The topological polar surface area (TPSA) is 67.4 Å². The Balaban J connectivity index is 2.28. The van der Waals surface area contributed by atoms with Crippen LogP contribution >= 0.6 is 0 Å². The Morgan fingerprint density at radius 2 is 1.91 bits per heavy atom. The van der Waals surface area contributed by atoms with E-state index in [4.69, 9.17) is 0 Å². The highest BCUT2D eigenvalue weighted by molar-refractivity contribution is 5.82. The fourth-order valence-electron chi connectivity index (χ4n) is 1.43. The molecule has 1 rings (SSSR count). The summed E-state index contributed by atoms with van der Waals surface area (Å²) in [5, 5.41) is 4.30. The monoisotopic (exact) mass is 322 g/mol.